The van der Waals surface area contributed by atoms with Gasteiger partial charge in [0.15, 0.2) is 15.5 Å². The standard InChI is InChI=1S/C24H25N5O4S/c1-33-20-7-5-17(6-8-20)22-14-21(27-29(22)19-10-13-34(31,32)16-19)24(30)25-11-9-18-15-28-12-3-2-4-23(28)26-18/h2-8,12,14-15,19H,9-11,13,16H2,1H3,(H,25,30)/t19-/m1/s1. The molecule has 5 rings (SSSR count). The molecule has 1 amide bonds. The minimum absolute atomic E-state index is 0.0206. The van der Waals surface area contributed by atoms with Crippen LogP contribution in [-0.4, -0.2) is 58.7 Å². The first kappa shape index (κ1) is 22.1. The van der Waals surface area contributed by atoms with E-state index in [1.165, 1.54) is 0 Å². The van der Waals surface area contributed by atoms with E-state index in [0.29, 0.717) is 30.8 Å². The number of ether oxygens (including phenoxy) is 1. The first-order chi connectivity index (χ1) is 16.4. The highest BCUT2D eigenvalue weighted by molar-refractivity contribution is 7.91. The first-order valence-electron chi connectivity index (χ1n) is 11.1. The van der Waals surface area contributed by atoms with Crippen LogP contribution < -0.4 is 10.1 Å². The molecular weight excluding hydrogens is 454 g/mol. The van der Waals surface area contributed by atoms with Crippen molar-refractivity contribution in [3.05, 3.63) is 72.3 Å². The van der Waals surface area contributed by atoms with Crippen LogP contribution in [0.4, 0.5) is 0 Å². The zero-order valence-corrected chi connectivity index (χ0v) is 19.5. The van der Waals surface area contributed by atoms with E-state index in [2.05, 4.69) is 15.4 Å². The second-order valence-electron chi connectivity index (χ2n) is 8.35. The maximum absolute atomic E-state index is 12.9. The summed E-state index contributed by atoms with van der Waals surface area (Å²) in [7, 11) is -1.52. The molecule has 0 bridgehead atoms. The smallest absolute Gasteiger partial charge is 0.271 e. The average molecular weight is 480 g/mol. The number of imidazole rings is 1. The lowest BCUT2D eigenvalue weighted by Crippen LogP contribution is -2.26. The lowest BCUT2D eigenvalue weighted by atomic mass is 10.1. The van der Waals surface area contributed by atoms with Gasteiger partial charge in [-0.2, -0.15) is 5.10 Å². The highest BCUT2D eigenvalue weighted by Gasteiger charge is 2.32. The monoisotopic (exact) mass is 479 g/mol. The molecule has 9 nitrogen and oxygen atoms in total. The van der Waals surface area contributed by atoms with Crippen LogP contribution in [0.15, 0.2) is 60.9 Å². The molecule has 10 heteroatoms. The van der Waals surface area contributed by atoms with E-state index in [4.69, 9.17) is 4.74 Å². The Kier molecular flexibility index (Phi) is 5.82. The number of sulfone groups is 1. The third-order valence-electron chi connectivity index (χ3n) is 5.99. The molecule has 1 aliphatic rings. The molecule has 4 heterocycles. The molecule has 3 aromatic heterocycles. The SMILES string of the molecule is COc1ccc(-c2cc(C(=O)NCCc3cn4ccccc4n3)nn2[C@@H]2CCS(=O)(=O)C2)cc1. The van der Waals surface area contributed by atoms with Crippen LogP contribution in [0.3, 0.4) is 0 Å². The summed E-state index contributed by atoms with van der Waals surface area (Å²) >= 11 is 0. The van der Waals surface area contributed by atoms with E-state index < -0.39 is 9.84 Å². The quantitative estimate of drug-likeness (QED) is 0.437. The topological polar surface area (TPSA) is 108 Å². The Morgan fingerprint density at radius 2 is 2.03 bits per heavy atom. The van der Waals surface area contributed by atoms with Crippen molar-refractivity contribution in [3.8, 4) is 17.0 Å². The number of nitrogens with zero attached hydrogens (tertiary/aromatic N) is 4. The number of aromatic nitrogens is 4. The van der Waals surface area contributed by atoms with Crippen LogP contribution in [0.2, 0.25) is 0 Å². The van der Waals surface area contributed by atoms with E-state index in [1.54, 1.807) is 17.9 Å². The number of hydrogen-bond donors (Lipinski definition) is 1. The molecule has 1 atom stereocenters. The number of pyridine rings is 1. The van der Waals surface area contributed by atoms with E-state index >= 15 is 0 Å². The molecule has 0 unspecified atom stereocenters. The molecule has 0 saturated carbocycles. The largest absolute Gasteiger partial charge is 0.497 e. The van der Waals surface area contributed by atoms with Crippen molar-refractivity contribution in [1.29, 1.82) is 0 Å². The van der Waals surface area contributed by atoms with Gasteiger partial charge in [0.05, 0.1) is 36.0 Å². The zero-order valence-electron chi connectivity index (χ0n) is 18.7. The number of rotatable bonds is 7. The Balaban J connectivity index is 1.35. The highest BCUT2D eigenvalue weighted by atomic mass is 32.2. The van der Waals surface area contributed by atoms with Gasteiger partial charge in [0.1, 0.15) is 11.4 Å². The maximum atomic E-state index is 12.9. The fourth-order valence-electron chi connectivity index (χ4n) is 4.23. The summed E-state index contributed by atoms with van der Waals surface area (Å²) in [5, 5.41) is 7.43. The van der Waals surface area contributed by atoms with Crippen molar-refractivity contribution in [1.82, 2.24) is 24.5 Å². The molecule has 1 fully saturated rings. The molecule has 4 aromatic rings. The van der Waals surface area contributed by atoms with E-state index in [0.717, 1.165) is 16.9 Å². The molecule has 34 heavy (non-hydrogen) atoms. The van der Waals surface area contributed by atoms with Gasteiger partial charge in [-0.15, -0.1) is 0 Å². The van der Waals surface area contributed by atoms with Crippen LogP contribution in [0, 0.1) is 0 Å². The van der Waals surface area contributed by atoms with E-state index in [9.17, 15) is 13.2 Å². The predicted molar refractivity (Wildman–Crippen MR) is 128 cm³/mol. The molecule has 1 saturated heterocycles. The summed E-state index contributed by atoms with van der Waals surface area (Å²) in [5.41, 5.74) is 3.53. The maximum Gasteiger partial charge on any atom is 0.271 e. The Morgan fingerprint density at radius 3 is 2.74 bits per heavy atom. The Bertz CT molecular complexity index is 1410. The highest BCUT2D eigenvalue weighted by Crippen LogP contribution is 2.31. The number of carbonyl (C=O) groups excluding carboxylic acids is 1. The van der Waals surface area contributed by atoms with Crippen molar-refractivity contribution in [2.45, 2.75) is 18.9 Å². The summed E-state index contributed by atoms with van der Waals surface area (Å²) < 4.78 is 33.0. The summed E-state index contributed by atoms with van der Waals surface area (Å²) in [6, 6.07) is 14.6. The van der Waals surface area contributed by atoms with Gasteiger partial charge in [0.25, 0.3) is 5.91 Å². The van der Waals surface area contributed by atoms with Crippen LogP contribution in [0.5, 0.6) is 5.75 Å². The molecule has 0 spiro atoms. The second kappa shape index (κ2) is 8.94. The van der Waals surface area contributed by atoms with Crippen molar-refractivity contribution in [3.63, 3.8) is 0 Å². The Morgan fingerprint density at radius 1 is 1.21 bits per heavy atom. The lowest BCUT2D eigenvalue weighted by Gasteiger charge is -2.13. The van der Waals surface area contributed by atoms with Crippen LogP contribution >= 0.6 is 0 Å². The van der Waals surface area contributed by atoms with Gasteiger partial charge in [-0.25, -0.2) is 13.4 Å². The number of benzene rings is 1. The fourth-order valence-corrected chi connectivity index (χ4v) is 5.92. The van der Waals surface area contributed by atoms with Crippen molar-refractivity contribution < 1.29 is 17.9 Å². The lowest BCUT2D eigenvalue weighted by molar-refractivity contribution is 0.0948. The Labute approximate surface area is 197 Å². The number of amides is 1. The minimum atomic E-state index is -3.11. The average Bonchev–Trinajstić information content (AvgIpc) is 3.55. The molecular formula is C24H25N5O4S. The van der Waals surface area contributed by atoms with Gasteiger partial charge >= 0.3 is 0 Å². The molecule has 1 N–H and O–H groups in total. The third kappa shape index (κ3) is 4.54. The predicted octanol–water partition coefficient (Wildman–Crippen LogP) is 2.54. The van der Waals surface area contributed by atoms with Gasteiger partial charge in [-0.05, 0) is 48.9 Å². The Hall–Kier alpha value is -3.66. The summed E-state index contributed by atoms with van der Waals surface area (Å²) in [5.74, 6) is 0.550. The number of nitrogens with one attached hydrogen (secondary N) is 1. The van der Waals surface area contributed by atoms with Crippen LogP contribution in [-0.2, 0) is 16.3 Å². The number of carbonyl (C=O) groups is 1. The first-order valence-corrected chi connectivity index (χ1v) is 12.9. The third-order valence-corrected chi connectivity index (χ3v) is 7.74. The summed E-state index contributed by atoms with van der Waals surface area (Å²) in [6.07, 6.45) is 4.93. The molecule has 0 radical (unpaired) electrons. The van der Waals surface area contributed by atoms with Crippen molar-refractivity contribution in [2.24, 2.45) is 0 Å². The number of hydrogen-bond acceptors (Lipinski definition) is 6. The molecule has 176 valence electrons. The van der Waals surface area contributed by atoms with Gasteiger partial charge in [0, 0.05) is 30.9 Å². The number of fused-ring (bicyclic) bond motifs is 1. The minimum Gasteiger partial charge on any atom is -0.497 e. The van der Waals surface area contributed by atoms with Gasteiger partial charge in [0.2, 0.25) is 0 Å². The van der Waals surface area contributed by atoms with Crippen LogP contribution in [0.1, 0.15) is 28.6 Å². The summed E-state index contributed by atoms with van der Waals surface area (Å²) in [6.45, 7) is 0.408. The van der Waals surface area contributed by atoms with Gasteiger partial charge < -0.3 is 14.5 Å². The number of methoxy groups -OCH3 is 1. The molecule has 0 aliphatic carbocycles. The van der Waals surface area contributed by atoms with Gasteiger partial charge in [-0.1, -0.05) is 6.07 Å². The van der Waals surface area contributed by atoms with Crippen molar-refractivity contribution in [2.75, 3.05) is 25.2 Å². The van der Waals surface area contributed by atoms with Crippen LogP contribution in [0.25, 0.3) is 16.9 Å². The van der Waals surface area contributed by atoms with E-state index in [-0.39, 0.29) is 29.1 Å². The van der Waals surface area contributed by atoms with E-state index in [1.807, 2.05) is 59.3 Å². The zero-order chi connectivity index (χ0) is 23.7. The fraction of sp³-hybridized carbons (Fsp3) is 0.292. The van der Waals surface area contributed by atoms with Crippen molar-refractivity contribution >= 4 is 21.4 Å². The molecule has 1 aliphatic heterocycles. The second-order valence-corrected chi connectivity index (χ2v) is 10.6. The normalized spacial score (nSPS) is 17.1. The summed E-state index contributed by atoms with van der Waals surface area (Å²) in [4.78, 5) is 17.4. The van der Waals surface area contributed by atoms with Gasteiger partial charge in [-0.3, -0.25) is 9.48 Å². The molecule has 1 aromatic carbocycles.